The molecule has 0 bridgehead atoms. The van der Waals surface area contributed by atoms with Gasteiger partial charge in [0.2, 0.25) is 11.8 Å². The van der Waals surface area contributed by atoms with Crippen LogP contribution in [-0.4, -0.2) is 23.8 Å². The summed E-state index contributed by atoms with van der Waals surface area (Å²) in [5.74, 6) is 0.377. The van der Waals surface area contributed by atoms with E-state index in [9.17, 15) is 9.59 Å². The van der Waals surface area contributed by atoms with E-state index in [4.69, 9.17) is 10.5 Å². The summed E-state index contributed by atoms with van der Waals surface area (Å²) in [7, 11) is 1.55. The first-order chi connectivity index (χ1) is 8.61. The van der Waals surface area contributed by atoms with Crippen LogP contribution >= 0.6 is 0 Å². The van der Waals surface area contributed by atoms with Crippen molar-refractivity contribution >= 4 is 17.5 Å². The molecule has 0 radical (unpaired) electrons. The largest absolute Gasteiger partial charge is 0.496 e. The van der Waals surface area contributed by atoms with Crippen LogP contribution in [0.2, 0.25) is 0 Å². The second-order valence-electron chi connectivity index (χ2n) is 4.30. The Morgan fingerprint density at radius 1 is 1.28 bits per heavy atom. The average molecular weight is 248 g/mol. The van der Waals surface area contributed by atoms with Gasteiger partial charge in [-0.15, -0.1) is 0 Å². The van der Waals surface area contributed by atoms with Crippen molar-refractivity contribution in [3.8, 4) is 5.75 Å². The van der Waals surface area contributed by atoms with Crippen LogP contribution in [0, 0.1) is 0 Å². The first-order valence-electron chi connectivity index (χ1n) is 5.87. The number of methoxy groups -OCH3 is 1. The van der Waals surface area contributed by atoms with Gasteiger partial charge in [0.15, 0.2) is 0 Å². The molecule has 1 aliphatic heterocycles. The van der Waals surface area contributed by atoms with Gasteiger partial charge in [-0.3, -0.25) is 14.5 Å². The summed E-state index contributed by atoms with van der Waals surface area (Å²) in [6.45, 7) is 0.228. The van der Waals surface area contributed by atoms with Gasteiger partial charge in [0.25, 0.3) is 0 Å². The molecule has 0 saturated carbocycles. The highest BCUT2D eigenvalue weighted by molar-refractivity contribution is 5.97. The fourth-order valence-corrected chi connectivity index (χ4v) is 2.07. The van der Waals surface area contributed by atoms with E-state index in [-0.39, 0.29) is 18.4 Å². The maximum absolute atomic E-state index is 11.7. The molecule has 1 aliphatic rings. The van der Waals surface area contributed by atoms with E-state index in [1.807, 2.05) is 0 Å². The van der Waals surface area contributed by atoms with Crippen molar-refractivity contribution in [2.45, 2.75) is 25.8 Å². The van der Waals surface area contributed by atoms with Crippen molar-refractivity contribution in [2.24, 2.45) is 0 Å². The third kappa shape index (κ3) is 2.45. The molecular weight excluding hydrogens is 232 g/mol. The highest BCUT2D eigenvalue weighted by Gasteiger charge is 2.26. The smallest absolute Gasteiger partial charge is 0.229 e. The quantitative estimate of drug-likeness (QED) is 0.646. The van der Waals surface area contributed by atoms with Crippen LogP contribution in [0.3, 0.4) is 0 Å². The number of nitrogens with two attached hydrogens (primary N) is 1. The summed E-state index contributed by atoms with van der Waals surface area (Å²) in [5, 5.41) is 0. The van der Waals surface area contributed by atoms with Crippen LogP contribution in [-0.2, 0) is 16.1 Å². The second-order valence-corrected chi connectivity index (χ2v) is 4.30. The Morgan fingerprint density at radius 3 is 2.56 bits per heavy atom. The van der Waals surface area contributed by atoms with Gasteiger partial charge in [-0.2, -0.15) is 0 Å². The summed E-state index contributed by atoms with van der Waals surface area (Å²) < 4.78 is 5.21. The summed E-state index contributed by atoms with van der Waals surface area (Å²) in [5.41, 5.74) is 7.05. The number of likely N-dealkylation sites (tertiary alicyclic amines) is 1. The van der Waals surface area contributed by atoms with Gasteiger partial charge in [-0.25, -0.2) is 0 Å². The number of nitrogens with zero attached hydrogens (tertiary/aromatic N) is 1. The standard InChI is InChI=1S/C13H16N2O3/c1-18-11-6-5-10(14)7-9(11)8-15-12(16)3-2-4-13(15)17/h5-7H,2-4,8,14H2,1H3. The Labute approximate surface area is 106 Å². The molecule has 2 rings (SSSR count). The Hall–Kier alpha value is -2.04. The van der Waals surface area contributed by atoms with E-state index in [2.05, 4.69) is 0 Å². The molecular formula is C13H16N2O3. The summed E-state index contributed by atoms with van der Waals surface area (Å²) >= 11 is 0. The molecule has 0 aliphatic carbocycles. The molecule has 0 aromatic heterocycles. The topological polar surface area (TPSA) is 72.6 Å². The minimum absolute atomic E-state index is 0.129. The zero-order chi connectivity index (χ0) is 13.1. The Bertz CT molecular complexity index is 469. The maximum Gasteiger partial charge on any atom is 0.229 e. The first-order valence-corrected chi connectivity index (χ1v) is 5.87. The molecule has 1 saturated heterocycles. The molecule has 0 atom stereocenters. The summed E-state index contributed by atoms with van der Waals surface area (Å²) in [6, 6.07) is 5.19. The van der Waals surface area contributed by atoms with Crippen LogP contribution in [0.4, 0.5) is 5.69 Å². The van der Waals surface area contributed by atoms with Gasteiger partial charge in [0.1, 0.15) is 5.75 Å². The third-order valence-corrected chi connectivity index (χ3v) is 3.02. The lowest BCUT2D eigenvalue weighted by molar-refractivity contribution is -0.148. The number of hydrogen-bond acceptors (Lipinski definition) is 4. The SMILES string of the molecule is COc1ccc(N)cc1CN1C(=O)CCCC1=O. The van der Waals surface area contributed by atoms with Crippen molar-refractivity contribution in [1.29, 1.82) is 0 Å². The van der Waals surface area contributed by atoms with Gasteiger partial charge in [0.05, 0.1) is 13.7 Å². The molecule has 0 unspecified atom stereocenters. The van der Waals surface area contributed by atoms with Crippen molar-refractivity contribution < 1.29 is 14.3 Å². The van der Waals surface area contributed by atoms with Crippen molar-refractivity contribution in [3.63, 3.8) is 0 Å². The van der Waals surface area contributed by atoms with Gasteiger partial charge >= 0.3 is 0 Å². The third-order valence-electron chi connectivity index (χ3n) is 3.02. The molecule has 18 heavy (non-hydrogen) atoms. The van der Waals surface area contributed by atoms with E-state index in [0.717, 1.165) is 5.56 Å². The minimum Gasteiger partial charge on any atom is -0.496 e. The molecule has 2 N–H and O–H groups in total. The molecule has 1 aromatic rings. The number of carbonyl (C=O) groups excluding carboxylic acids is 2. The lowest BCUT2D eigenvalue weighted by atomic mass is 10.1. The number of benzene rings is 1. The fourth-order valence-electron chi connectivity index (χ4n) is 2.07. The molecule has 5 nitrogen and oxygen atoms in total. The number of imide groups is 1. The summed E-state index contributed by atoms with van der Waals surface area (Å²) in [4.78, 5) is 24.7. The van der Waals surface area contributed by atoms with Crippen molar-refractivity contribution in [1.82, 2.24) is 4.90 Å². The normalized spacial score (nSPS) is 15.9. The van der Waals surface area contributed by atoms with E-state index >= 15 is 0 Å². The van der Waals surface area contributed by atoms with Crippen LogP contribution < -0.4 is 10.5 Å². The number of nitrogen functional groups attached to an aromatic ring is 1. The van der Waals surface area contributed by atoms with Gasteiger partial charge < -0.3 is 10.5 Å². The van der Waals surface area contributed by atoms with E-state index in [0.29, 0.717) is 30.7 Å². The van der Waals surface area contributed by atoms with Crippen LogP contribution in [0.5, 0.6) is 5.75 Å². The number of anilines is 1. The molecule has 1 fully saturated rings. The van der Waals surface area contributed by atoms with Crippen molar-refractivity contribution in [3.05, 3.63) is 23.8 Å². The Balaban J connectivity index is 2.24. The molecule has 2 amide bonds. The molecule has 5 heteroatoms. The lowest BCUT2D eigenvalue weighted by Gasteiger charge is -2.25. The summed E-state index contributed by atoms with van der Waals surface area (Å²) in [6.07, 6.45) is 1.50. The predicted octanol–water partition coefficient (Wildman–Crippen LogP) is 1.32. The number of amides is 2. The monoisotopic (exact) mass is 248 g/mol. The number of carbonyl (C=O) groups is 2. The molecule has 1 aromatic carbocycles. The first kappa shape index (κ1) is 12.4. The fraction of sp³-hybridized carbons (Fsp3) is 0.385. The molecule has 96 valence electrons. The van der Waals surface area contributed by atoms with Gasteiger partial charge in [0, 0.05) is 24.1 Å². The van der Waals surface area contributed by atoms with E-state index in [1.54, 1.807) is 25.3 Å². The number of rotatable bonds is 3. The molecule has 0 spiro atoms. The minimum atomic E-state index is -0.129. The zero-order valence-electron chi connectivity index (χ0n) is 10.3. The predicted molar refractivity (Wildman–Crippen MR) is 66.8 cm³/mol. The average Bonchev–Trinajstić information content (AvgIpc) is 2.34. The van der Waals surface area contributed by atoms with Crippen molar-refractivity contribution in [2.75, 3.05) is 12.8 Å². The highest BCUT2D eigenvalue weighted by Crippen LogP contribution is 2.24. The van der Waals surface area contributed by atoms with Crippen LogP contribution in [0.1, 0.15) is 24.8 Å². The van der Waals surface area contributed by atoms with Gasteiger partial charge in [-0.1, -0.05) is 0 Å². The zero-order valence-corrected chi connectivity index (χ0v) is 10.3. The van der Waals surface area contributed by atoms with Crippen LogP contribution in [0.25, 0.3) is 0 Å². The van der Waals surface area contributed by atoms with E-state index in [1.165, 1.54) is 4.90 Å². The lowest BCUT2D eigenvalue weighted by Crippen LogP contribution is -2.39. The van der Waals surface area contributed by atoms with Crippen LogP contribution in [0.15, 0.2) is 18.2 Å². The number of piperidine rings is 1. The Morgan fingerprint density at radius 2 is 1.94 bits per heavy atom. The second kappa shape index (κ2) is 5.08. The number of ether oxygens (including phenoxy) is 1. The Kier molecular flexibility index (Phi) is 3.50. The maximum atomic E-state index is 11.7. The van der Waals surface area contributed by atoms with Gasteiger partial charge in [-0.05, 0) is 24.6 Å². The number of hydrogen-bond donors (Lipinski definition) is 1. The highest BCUT2D eigenvalue weighted by atomic mass is 16.5. The molecule has 1 heterocycles. The van der Waals surface area contributed by atoms with E-state index < -0.39 is 0 Å².